The van der Waals surface area contributed by atoms with Gasteiger partial charge in [-0.05, 0) is 6.07 Å². The second-order valence-corrected chi connectivity index (χ2v) is 3.18. The van der Waals surface area contributed by atoms with Gasteiger partial charge in [0.15, 0.2) is 5.82 Å². The molecule has 2 rings (SSSR count). The van der Waals surface area contributed by atoms with E-state index >= 15 is 0 Å². The summed E-state index contributed by atoms with van der Waals surface area (Å²) in [5, 5.41) is 12.7. The van der Waals surface area contributed by atoms with Gasteiger partial charge in [-0.1, -0.05) is 0 Å². The molecular weight excluding hydrogens is 204 g/mol. The average molecular weight is 214 g/mol. The predicted molar refractivity (Wildman–Crippen MR) is 57.2 cm³/mol. The highest BCUT2D eigenvalue weighted by Gasteiger charge is 2.02. The zero-order chi connectivity index (χ0) is 11.4. The Morgan fingerprint density at radius 2 is 2.44 bits per heavy atom. The molecule has 0 aliphatic heterocycles. The molecule has 0 aliphatic carbocycles. The highest BCUT2D eigenvalue weighted by molar-refractivity contribution is 5.32. The smallest absolute Gasteiger partial charge is 0.156 e. The Balaban J connectivity index is 2.31. The van der Waals surface area contributed by atoms with Crippen LogP contribution in [0.4, 0.5) is 0 Å². The van der Waals surface area contributed by atoms with Crippen LogP contribution < -0.4 is 4.74 Å². The fourth-order valence-corrected chi connectivity index (χ4v) is 1.32. The minimum Gasteiger partial charge on any atom is -0.497 e. The third kappa shape index (κ3) is 2.01. The number of nitrogens with zero attached hydrogens (tertiary/aromatic N) is 4. The fraction of sp³-hybridized carbons (Fsp3) is 0.182. The van der Waals surface area contributed by atoms with Gasteiger partial charge >= 0.3 is 0 Å². The first-order chi connectivity index (χ1) is 7.83. The van der Waals surface area contributed by atoms with Gasteiger partial charge in [0, 0.05) is 24.0 Å². The van der Waals surface area contributed by atoms with Gasteiger partial charge < -0.3 is 4.74 Å². The maximum atomic E-state index is 8.56. The van der Waals surface area contributed by atoms with Gasteiger partial charge in [0.2, 0.25) is 0 Å². The number of pyridine rings is 1. The van der Waals surface area contributed by atoms with E-state index in [1.54, 1.807) is 42.5 Å². The lowest BCUT2D eigenvalue weighted by Gasteiger charge is -2.02. The summed E-state index contributed by atoms with van der Waals surface area (Å²) in [6, 6.07) is 5.62. The van der Waals surface area contributed by atoms with Crippen LogP contribution in [0, 0.1) is 11.3 Å². The Morgan fingerprint density at radius 1 is 1.56 bits per heavy atom. The van der Waals surface area contributed by atoms with Gasteiger partial charge in [0.05, 0.1) is 25.8 Å². The Hall–Kier alpha value is -2.35. The van der Waals surface area contributed by atoms with Crippen LogP contribution in [0.2, 0.25) is 0 Å². The van der Waals surface area contributed by atoms with Crippen molar-refractivity contribution in [3.8, 4) is 17.6 Å². The van der Waals surface area contributed by atoms with Crippen molar-refractivity contribution in [3.63, 3.8) is 0 Å². The molecule has 5 heteroatoms. The summed E-state index contributed by atoms with van der Waals surface area (Å²) < 4.78 is 6.72. The molecule has 0 N–H and O–H groups in total. The molecule has 0 fully saturated rings. The maximum Gasteiger partial charge on any atom is 0.156 e. The average Bonchev–Trinajstić information content (AvgIpc) is 2.78. The monoisotopic (exact) mass is 214 g/mol. The molecule has 0 aromatic carbocycles. The topological polar surface area (TPSA) is 63.7 Å². The van der Waals surface area contributed by atoms with E-state index in [0.717, 1.165) is 11.3 Å². The lowest BCUT2D eigenvalue weighted by atomic mass is 10.3. The van der Waals surface area contributed by atoms with E-state index in [0.29, 0.717) is 12.2 Å². The second-order valence-electron chi connectivity index (χ2n) is 3.18. The third-order valence-electron chi connectivity index (χ3n) is 2.11. The molecule has 0 saturated carbocycles. The van der Waals surface area contributed by atoms with Crippen LogP contribution in [0.25, 0.3) is 5.82 Å². The molecule has 0 radical (unpaired) electrons. The van der Waals surface area contributed by atoms with Crippen molar-refractivity contribution in [2.24, 2.45) is 0 Å². The summed E-state index contributed by atoms with van der Waals surface area (Å²) in [7, 11) is 1.60. The summed E-state index contributed by atoms with van der Waals surface area (Å²) in [4.78, 5) is 4.17. The quantitative estimate of drug-likeness (QED) is 0.773. The Labute approximate surface area is 92.9 Å². The van der Waals surface area contributed by atoms with Crippen LogP contribution in [-0.4, -0.2) is 21.9 Å². The molecule has 80 valence electrons. The van der Waals surface area contributed by atoms with E-state index < -0.39 is 0 Å². The molecular formula is C11H10N4O. The summed E-state index contributed by atoms with van der Waals surface area (Å²) in [6.07, 6.45) is 5.44. The van der Waals surface area contributed by atoms with Gasteiger partial charge in [-0.15, -0.1) is 0 Å². The summed E-state index contributed by atoms with van der Waals surface area (Å²) in [5.74, 6) is 1.39. The van der Waals surface area contributed by atoms with E-state index in [9.17, 15) is 0 Å². The van der Waals surface area contributed by atoms with Crippen molar-refractivity contribution in [1.82, 2.24) is 14.8 Å². The number of methoxy groups -OCH3 is 1. The minimum absolute atomic E-state index is 0.351. The standard InChI is InChI=1S/C11H10N4O/c1-16-10-3-5-13-11(6-10)15-8-9(2-4-12)7-14-15/h3,5-8H,2H2,1H3. The molecule has 0 spiro atoms. The molecule has 16 heavy (non-hydrogen) atoms. The first-order valence-electron chi connectivity index (χ1n) is 4.74. The van der Waals surface area contributed by atoms with E-state index in [2.05, 4.69) is 16.2 Å². The number of ether oxygens (including phenoxy) is 1. The van der Waals surface area contributed by atoms with Crippen molar-refractivity contribution in [1.29, 1.82) is 5.26 Å². The number of hydrogen-bond donors (Lipinski definition) is 0. The van der Waals surface area contributed by atoms with Crippen LogP contribution in [-0.2, 0) is 6.42 Å². The van der Waals surface area contributed by atoms with Crippen LogP contribution in [0.15, 0.2) is 30.7 Å². The molecule has 2 aromatic rings. The van der Waals surface area contributed by atoms with Crippen molar-refractivity contribution in [2.45, 2.75) is 6.42 Å². The van der Waals surface area contributed by atoms with Gasteiger partial charge in [-0.25, -0.2) is 9.67 Å². The van der Waals surface area contributed by atoms with E-state index in [1.807, 2.05) is 0 Å². The number of rotatable bonds is 3. The van der Waals surface area contributed by atoms with Gasteiger partial charge in [-0.3, -0.25) is 0 Å². The maximum absolute atomic E-state index is 8.56. The molecule has 2 heterocycles. The predicted octanol–water partition coefficient (Wildman–Crippen LogP) is 1.34. The van der Waals surface area contributed by atoms with Gasteiger partial charge in [0.25, 0.3) is 0 Å². The van der Waals surface area contributed by atoms with Crippen molar-refractivity contribution in [2.75, 3.05) is 7.11 Å². The van der Waals surface area contributed by atoms with Gasteiger partial charge in [-0.2, -0.15) is 10.4 Å². The Bertz CT molecular complexity index is 527. The second kappa shape index (κ2) is 4.45. The largest absolute Gasteiger partial charge is 0.497 e. The third-order valence-corrected chi connectivity index (χ3v) is 2.11. The van der Waals surface area contributed by atoms with Crippen LogP contribution in [0.1, 0.15) is 5.56 Å². The Kier molecular flexibility index (Phi) is 2.83. The molecule has 0 amide bonds. The molecule has 0 bridgehead atoms. The van der Waals surface area contributed by atoms with Crippen molar-refractivity contribution in [3.05, 3.63) is 36.3 Å². The summed E-state index contributed by atoms with van der Waals surface area (Å²) >= 11 is 0. The Morgan fingerprint density at radius 3 is 3.19 bits per heavy atom. The zero-order valence-electron chi connectivity index (χ0n) is 8.79. The van der Waals surface area contributed by atoms with Crippen molar-refractivity contribution >= 4 is 0 Å². The molecule has 0 saturated heterocycles. The molecule has 0 aliphatic rings. The van der Waals surface area contributed by atoms with Gasteiger partial charge in [0.1, 0.15) is 5.75 Å². The molecule has 0 atom stereocenters. The fourth-order valence-electron chi connectivity index (χ4n) is 1.32. The zero-order valence-corrected chi connectivity index (χ0v) is 8.79. The van der Waals surface area contributed by atoms with E-state index in [-0.39, 0.29) is 0 Å². The SMILES string of the molecule is COc1ccnc(-n2cc(CC#N)cn2)c1. The lowest BCUT2D eigenvalue weighted by molar-refractivity contribution is 0.414. The van der Waals surface area contributed by atoms with Crippen LogP contribution in [0.3, 0.4) is 0 Å². The van der Waals surface area contributed by atoms with E-state index in [4.69, 9.17) is 10.00 Å². The number of nitriles is 1. The van der Waals surface area contributed by atoms with Crippen LogP contribution in [0.5, 0.6) is 5.75 Å². The van der Waals surface area contributed by atoms with Crippen LogP contribution >= 0.6 is 0 Å². The lowest BCUT2D eigenvalue weighted by Crippen LogP contribution is -1.97. The first kappa shape index (κ1) is 10.2. The highest BCUT2D eigenvalue weighted by atomic mass is 16.5. The normalized spacial score (nSPS) is 9.75. The minimum atomic E-state index is 0.351. The first-order valence-corrected chi connectivity index (χ1v) is 4.74. The summed E-state index contributed by atoms with van der Waals surface area (Å²) in [5.41, 5.74) is 0.868. The molecule has 5 nitrogen and oxygen atoms in total. The summed E-state index contributed by atoms with van der Waals surface area (Å²) in [6.45, 7) is 0. The molecule has 2 aromatic heterocycles. The highest BCUT2D eigenvalue weighted by Crippen LogP contribution is 2.13. The van der Waals surface area contributed by atoms with Crippen molar-refractivity contribution < 1.29 is 4.74 Å². The number of hydrogen-bond acceptors (Lipinski definition) is 4. The molecule has 0 unspecified atom stereocenters. The number of aromatic nitrogens is 3. The van der Waals surface area contributed by atoms with E-state index in [1.165, 1.54) is 0 Å².